The maximum absolute atomic E-state index is 4.30. The summed E-state index contributed by atoms with van der Waals surface area (Å²) in [7, 11) is 0. The van der Waals surface area contributed by atoms with Crippen LogP contribution in [0.1, 0.15) is 6.42 Å². The summed E-state index contributed by atoms with van der Waals surface area (Å²) in [6.07, 6.45) is 3.09. The molecule has 0 saturated carbocycles. The van der Waals surface area contributed by atoms with Gasteiger partial charge in [-0.2, -0.15) is 5.01 Å². The van der Waals surface area contributed by atoms with Crippen LogP contribution in [0.2, 0.25) is 0 Å². The van der Waals surface area contributed by atoms with Gasteiger partial charge in [0.15, 0.2) is 5.69 Å². The monoisotopic (exact) mass is 274 g/mol. The van der Waals surface area contributed by atoms with Crippen molar-refractivity contribution >= 4 is 11.9 Å². The highest BCUT2D eigenvalue weighted by Gasteiger charge is 2.12. The lowest BCUT2D eigenvalue weighted by Gasteiger charge is -2.04. The highest BCUT2D eigenvalue weighted by atomic mass is 127. The lowest BCUT2D eigenvalue weighted by molar-refractivity contribution is -0.832. The van der Waals surface area contributed by atoms with E-state index in [1.165, 1.54) is 10.7 Å². The van der Waals surface area contributed by atoms with Gasteiger partial charge in [0.25, 0.3) is 0 Å². The third-order valence-electron chi connectivity index (χ3n) is 1.86. The summed E-state index contributed by atoms with van der Waals surface area (Å²) in [4.78, 5) is 0. The SMILES string of the molecule is C1=N[NH+](c2ccccc2)CC1.[I-]. The zero-order chi connectivity index (χ0) is 7.52. The molecular formula is C9H11IN2. The van der Waals surface area contributed by atoms with Gasteiger partial charge in [-0.1, -0.05) is 23.3 Å². The molecule has 0 fully saturated rings. The van der Waals surface area contributed by atoms with Crippen molar-refractivity contribution in [2.75, 3.05) is 6.54 Å². The first-order valence-electron chi connectivity index (χ1n) is 3.90. The van der Waals surface area contributed by atoms with E-state index in [2.05, 4.69) is 29.4 Å². The van der Waals surface area contributed by atoms with Gasteiger partial charge in [-0.25, -0.2) is 0 Å². The van der Waals surface area contributed by atoms with Crippen molar-refractivity contribution in [1.82, 2.24) is 0 Å². The van der Waals surface area contributed by atoms with Crippen molar-refractivity contribution in [3.05, 3.63) is 30.3 Å². The summed E-state index contributed by atoms with van der Waals surface area (Å²) < 4.78 is 0. The van der Waals surface area contributed by atoms with E-state index >= 15 is 0 Å². The Morgan fingerprint density at radius 1 is 1.17 bits per heavy atom. The van der Waals surface area contributed by atoms with Gasteiger partial charge in [-0.3, -0.25) is 0 Å². The maximum atomic E-state index is 4.30. The minimum atomic E-state index is 0. The van der Waals surface area contributed by atoms with Crippen molar-refractivity contribution in [3.8, 4) is 0 Å². The molecule has 0 amide bonds. The van der Waals surface area contributed by atoms with Gasteiger partial charge in [-0.15, -0.1) is 0 Å². The fraction of sp³-hybridized carbons (Fsp3) is 0.222. The second-order valence-electron chi connectivity index (χ2n) is 2.66. The van der Waals surface area contributed by atoms with Crippen molar-refractivity contribution in [2.24, 2.45) is 5.10 Å². The van der Waals surface area contributed by atoms with Gasteiger partial charge in [-0.05, 0) is 0 Å². The average Bonchev–Trinajstić information content (AvgIpc) is 2.58. The molecule has 2 rings (SSSR count). The van der Waals surface area contributed by atoms with E-state index in [1.807, 2.05) is 12.3 Å². The minimum Gasteiger partial charge on any atom is -1.00 e. The van der Waals surface area contributed by atoms with Gasteiger partial charge in [0.1, 0.15) is 6.54 Å². The number of nitrogens with one attached hydrogen (secondary N) is 1. The molecule has 0 bridgehead atoms. The summed E-state index contributed by atoms with van der Waals surface area (Å²) in [5.41, 5.74) is 1.27. The lowest BCUT2D eigenvalue weighted by Crippen LogP contribution is -3.00. The maximum Gasteiger partial charge on any atom is 0.157 e. The quantitative estimate of drug-likeness (QED) is 0.550. The third kappa shape index (κ3) is 2.04. The normalized spacial score (nSPS) is 20.5. The standard InChI is InChI=1S/C9H10N2.HI/c1-2-5-9(6-3-1)11-8-4-7-10-11;/h1-3,5-7H,4,8H2;1H. The highest BCUT2D eigenvalue weighted by Crippen LogP contribution is 1.99. The second kappa shape index (κ2) is 4.57. The topological polar surface area (TPSA) is 16.8 Å². The van der Waals surface area contributed by atoms with E-state index in [-0.39, 0.29) is 24.0 Å². The van der Waals surface area contributed by atoms with Crippen molar-refractivity contribution < 1.29 is 29.0 Å². The largest absolute Gasteiger partial charge is 1.00 e. The summed E-state index contributed by atoms with van der Waals surface area (Å²) in [6.45, 7) is 1.10. The number of halogens is 1. The molecule has 1 N–H and O–H groups in total. The van der Waals surface area contributed by atoms with Crippen molar-refractivity contribution in [1.29, 1.82) is 0 Å². The van der Waals surface area contributed by atoms with Crippen LogP contribution in [0.4, 0.5) is 5.69 Å². The highest BCUT2D eigenvalue weighted by molar-refractivity contribution is 5.57. The minimum absolute atomic E-state index is 0. The summed E-state index contributed by atoms with van der Waals surface area (Å²) in [6, 6.07) is 10.4. The number of quaternary nitrogens is 1. The third-order valence-corrected chi connectivity index (χ3v) is 1.86. The van der Waals surface area contributed by atoms with Gasteiger partial charge in [0.2, 0.25) is 0 Å². The number of hydrogen-bond acceptors (Lipinski definition) is 1. The first kappa shape index (κ1) is 9.67. The number of hydrogen-bond donors (Lipinski definition) is 1. The molecule has 1 aromatic rings. The molecule has 0 aromatic heterocycles. The molecule has 2 nitrogen and oxygen atoms in total. The number of benzene rings is 1. The van der Waals surface area contributed by atoms with Crippen LogP contribution in [0.3, 0.4) is 0 Å². The Balaban J connectivity index is 0.000000720. The number of nitrogens with zero attached hydrogens (tertiary/aromatic N) is 1. The zero-order valence-electron chi connectivity index (χ0n) is 6.70. The molecule has 1 aliphatic heterocycles. The first-order valence-corrected chi connectivity index (χ1v) is 3.90. The Bertz CT molecular complexity index is 258. The lowest BCUT2D eigenvalue weighted by atomic mass is 10.3. The fourth-order valence-corrected chi connectivity index (χ4v) is 1.29. The Kier molecular flexibility index (Phi) is 3.68. The Morgan fingerprint density at radius 2 is 1.92 bits per heavy atom. The molecule has 1 unspecified atom stereocenters. The first-order chi connectivity index (χ1) is 5.47. The van der Waals surface area contributed by atoms with Crippen molar-refractivity contribution in [3.63, 3.8) is 0 Å². The predicted molar refractivity (Wildman–Crippen MR) is 45.0 cm³/mol. The van der Waals surface area contributed by atoms with Crippen molar-refractivity contribution in [2.45, 2.75) is 6.42 Å². The van der Waals surface area contributed by atoms with Crippen LogP contribution in [0.5, 0.6) is 0 Å². The van der Waals surface area contributed by atoms with E-state index in [9.17, 15) is 0 Å². The fourth-order valence-electron chi connectivity index (χ4n) is 1.29. The van der Waals surface area contributed by atoms with Gasteiger partial charge in [0.05, 0.1) is 6.21 Å². The molecule has 0 radical (unpaired) electrons. The average molecular weight is 274 g/mol. The molecule has 1 heterocycles. The van der Waals surface area contributed by atoms with Gasteiger partial charge in [0, 0.05) is 18.6 Å². The summed E-state index contributed by atoms with van der Waals surface area (Å²) in [5, 5.41) is 5.52. The van der Waals surface area contributed by atoms with Crippen LogP contribution in [0, 0.1) is 0 Å². The van der Waals surface area contributed by atoms with Crippen LogP contribution in [0.15, 0.2) is 35.4 Å². The molecule has 0 saturated heterocycles. The van der Waals surface area contributed by atoms with Gasteiger partial charge >= 0.3 is 0 Å². The van der Waals surface area contributed by atoms with E-state index in [0.29, 0.717) is 0 Å². The van der Waals surface area contributed by atoms with Gasteiger partial charge < -0.3 is 24.0 Å². The Morgan fingerprint density at radius 3 is 2.50 bits per heavy atom. The molecule has 3 heteroatoms. The molecule has 1 atom stereocenters. The number of rotatable bonds is 1. The Hall–Kier alpha value is -0.420. The Labute approximate surface area is 89.3 Å². The van der Waals surface area contributed by atoms with Crippen LogP contribution in [-0.4, -0.2) is 12.8 Å². The molecule has 1 aliphatic rings. The smallest absolute Gasteiger partial charge is 0.157 e. The van der Waals surface area contributed by atoms with E-state index in [0.717, 1.165) is 13.0 Å². The van der Waals surface area contributed by atoms with E-state index in [4.69, 9.17) is 0 Å². The van der Waals surface area contributed by atoms with Crippen LogP contribution < -0.4 is 29.0 Å². The summed E-state index contributed by atoms with van der Waals surface area (Å²) in [5.74, 6) is 0. The molecule has 0 aliphatic carbocycles. The molecule has 12 heavy (non-hydrogen) atoms. The molecular weight excluding hydrogens is 263 g/mol. The number of para-hydroxylation sites is 1. The van der Waals surface area contributed by atoms with Crippen LogP contribution >= 0.6 is 0 Å². The van der Waals surface area contributed by atoms with E-state index in [1.54, 1.807) is 0 Å². The zero-order valence-corrected chi connectivity index (χ0v) is 8.86. The second-order valence-corrected chi connectivity index (χ2v) is 2.66. The molecule has 64 valence electrons. The molecule has 0 spiro atoms. The predicted octanol–water partition coefficient (Wildman–Crippen LogP) is -2.40. The van der Waals surface area contributed by atoms with Crippen LogP contribution in [-0.2, 0) is 0 Å². The summed E-state index contributed by atoms with van der Waals surface area (Å²) >= 11 is 0. The van der Waals surface area contributed by atoms with E-state index < -0.39 is 0 Å². The van der Waals surface area contributed by atoms with Crippen LogP contribution in [0.25, 0.3) is 0 Å². The molecule has 1 aromatic carbocycles.